The molecule has 1 aliphatic heterocycles. The SMILES string of the molecule is CCCN1C(=O)CC(NC(C)c2ccsc2)C1=O. The second-order valence-electron chi connectivity index (χ2n) is 4.59. The van der Waals surface area contributed by atoms with E-state index in [-0.39, 0.29) is 30.3 Å². The summed E-state index contributed by atoms with van der Waals surface area (Å²) < 4.78 is 0. The Morgan fingerprint density at radius 3 is 2.94 bits per heavy atom. The van der Waals surface area contributed by atoms with Crippen molar-refractivity contribution < 1.29 is 9.59 Å². The highest BCUT2D eigenvalue weighted by atomic mass is 32.1. The molecule has 0 aliphatic carbocycles. The molecular formula is C13H18N2O2S. The van der Waals surface area contributed by atoms with Crippen LogP contribution in [0.2, 0.25) is 0 Å². The Morgan fingerprint density at radius 1 is 1.56 bits per heavy atom. The first-order chi connectivity index (χ1) is 8.63. The van der Waals surface area contributed by atoms with Crippen molar-refractivity contribution in [1.82, 2.24) is 10.2 Å². The van der Waals surface area contributed by atoms with Gasteiger partial charge in [0.15, 0.2) is 0 Å². The van der Waals surface area contributed by atoms with E-state index in [4.69, 9.17) is 0 Å². The molecule has 0 saturated carbocycles. The number of amides is 2. The normalized spacial score (nSPS) is 21.7. The first-order valence-corrected chi connectivity index (χ1v) is 7.20. The number of hydrogen-bond acceptors (Lipinski definition) is 4. The fraction of sp³-hybridized carbons (Fsp3) is 0.538. The summed E-state index contributed by atoms with van der Waals surface area (Å²) >= 11 is 1.63. The molecule has 1 aromatic rings. The van der Waals surface area contributed by atoms with Gasteiger partial charge in [0, 0.05) is 12.6 Å². The maximum atomic E-state index is 12.1. The summed E-state index contributed by atoms with van der Waals surface area (Å²) in [7, 11) is 0. The monoisotopic (exact) mass is 266 g/mol. The Morgan fingerprint density at radius 2 is 2.33 bits per heavy atom. The summed E-state index contributed by atoms with van der Waals surface area (Å²) in [5.74, 6) is -0.138. The fourth-order valence-electron chi connectivity index (χ4n) is 2.19. The Hall–Kier alpha value is -1.20. The zero-order valence-electron chi connectivity index (χ0n) is 10.7. The molecule has 2 unspecified atom stereocenters. The van der Waals surface area contributed by atoms with Crippen LogP contribution in [0.5, 0.6) is 0 Å². The summed E-state index contributed by atoms with van der Waals surface area (Å²) in [6.45, 7) is 4.51. The minimum atomic E-state index is -0.362. The van der Waals surface area contributed by atoms with Gasteiger partial charge in [-0.3, -0.25) is 19.8 Å². The number of nitrogens with zero attached hydrogens (tertiary/aromatic N) is 1. The number of rotatable bonds is 5. The molecule has 1 aliphatic rings. The molecule has 0 spiro atoms. The molecule has 2 rings (SSSR count). The zero-order valence-corrected chi connectivity index (χ0v) is 11.5. The topological polar surface area (TPSA) is 49.4 Å². The van der Waals surface area contributed by atoms with Gasteiger partial charge >= 0.3 is 0 Å². The Labute approximate surface area is 111 Å². The number of likely N-dealkylation sites (tertiary alicyclic amines) is 1. The van der Waals surface area contributed by atoms with Gasteiger partial charge in [-0.1, -0.05) is 6.92 Å². The van der Waals surface area contributed by atoms with Crippen molar-refractivity contribution in [1.29, 1.82) is 0 Å². The highest BCUT2D eigenvalue weighted by Crippen LogP contribution is 2.20. The number of carbonyl (C=O) groups is 2. The van der Waals surface area contributed by atoms with Gasteiger partial charge in [-0.2, -0.15) is 11.3 Å². The summed E-state index contributed by atoms with van der Waals surface area (Å²) in [5, 5.41) is 7.32. The molecule has 4 nitrogen and oxygen atoms in total. The molecule has 5 heteroatoms. The van der Waals surface area contributed by atoms with Crippen LogP contribution in [0.15, 0.2) is 16.8 Å². The van der Waals surface area contributed by atoms with Gasteiger partial charge in [0.2, 0.25) is 11.8 Å². The Bertz CT molecular complexity index is 430. The zero-order chi connectivity index (χ0) is 13.1. The maximum Gasteiger partial charge on any atom is 0.246 e. The number of nitrogens with one attached hydrogen (secondary N) is 1. The van der Waals surface area contributed by atoms with Crippen molar-refractivity contribution in [3.05, 3.63) is 22.4 Å². The lowest BCUT2D eigenvalue weighted by Gasteiger charge is -2.18. The molecule has 2 atom stereocenters. The molecule has 1 aromatic heterocycles. The first kappa shape index (κ1) is 13.2. The molecule has 1 N–H and O–H groups in total. The lowest BCUT2D eigenvalue weighted by atomic mass is 10.1. The van der Waals surface area contributed by atoms with Gasteiger partial charge < -0.3 is 0 Å². The molecule has 18 heavy (non-hydrogen) atoms. The summed E-state index contributed by atoms with van der Waals surface area (Å²) in [6.07, 6.45) is 1.09. The van der Waals surface area contributed by atoms with Crippen LogP contribution in [-0.2, 0) is 9.59 Å². The fourth-order valence-corrected chi connectivity index (χ4v) is 2.95. The van der Waals surface area contributed by atoms with Crippen molar-refractivity contribution in [3.63, 3.8) is 0 Å². The van der Waals surface area contributed by atoms with Gasteiger partial charge in [-0.25, -0.2) is 0 Å². The molecule has 2 amide bonds. The molecular weight excluding hydrogens is 248 g/mol. The molecule has 98 valence electrons. The van der Waals surface area contributed by atoms with E-state index < -0.39 is 0 Å². The number of thiophene rings is 1. The average molecular weight is 266 g/mol. The smallest absolute Gasteiger partial charge is 0.246 e. The van der Waals surface area contributed by atoms with Crippen molar-refractivity contribution in [3.8, 4) is 0 Å². The predicted molar refractivity (Wildman–Crippen MR) is 71.3 cm³/mol. The minimum Gasteiger partial charge on any atom is -0.299 e. The molecule has 0 bridgehead atoms. The summed E-state index contributed by atoms with van der Waals surface area (Å²) in [4.78, 5) is 25.1. The van der Waals surface area contributed by atoms with E-state index in [0.717, 1.165) is 12.0 Å². The van der Waals surface area contributed by atoms with E-state index in [1.165, 1.54) is 4.90 Å². The van der Waals surface area contributed by atoms with Crippen molar-refractivity contribution >= 4 is 23.2 Å². The predicted octanol–water partition coefficient (Wildman–Crippen LogP) is 1.94. The van der Waals surface area contributed by atoms with E-state index in [2.05, 4.69) is 10.7 Å². The number of carbonyl (C=O) groups excluding carboxylic acids is 2. The molecule has 2 heterocycles. The molecule has 0 aromatic carbocycles. The second kappa shape index (κ2) is 5.63. The van der Waals surface area contributed by atoms with Gasteiger partial charge in [-0.15, -0.1) is 0 Å². The van der Waals surface area contributed by atoms with E-state index in [1.807, 2.05) is 25.3 Å². The molecule has 1 saturated heterocycles. The lowest BCUT2D eigenvalue weighted by molar-refractivity contribution is -0.138. The summed E-state index contributed by atoms with van der Waals surface area (Å²) in [5.41, 5.74) is 1.16. The summed E-state index contributed by atoms with van der Waals surface area (Å²) in [6, 6.07) is 1.77. The van der Waals surface area contributed by atoms with E-state index in [0.29, 0.717) is 6.54 Å². The molecule has 1 fully saturated rings. The highest BCUT2D eigenvalue weighted by Gasteiger charge is 2.38. The number of hydrogen-bond donors (Lipinski definition) is 1. The van der Waals surface area contributed by atoms with Crippen LogP contribution in [0.25, 0.3) is 0 Å². The van der Waals surface area contributed by atoms with Crippen LogP contribution in [-0.4, -0.2) is 29.3 Å². The van der Waals surface area contributed by atoms with E-state index in [9.17, 15) is 9.59 Å². The number of imide groups is 1. The third-order valence-electron chi connectivity index (χ3n) is 3.19. The Kier molecular flexibility index (Phi) is 4.14. The first-order valence-electron chi connectivity index (χ1n) is 6.25. The maximum absolute atomic E-state index is 12.1. The Balaban J connectivity index is 1.99. The highest BCUT2D eigenvalue weighted by molar-refractivity contribution is 7.07. The second-order valence-corrected chi connectivity index (χ2v) is 5.37. The van der Waals surface area contributed by atoms with Crippen LogP contribution in [0.4, 0.5) is 0 Å². The van der Waals surface area contributed by atoms with Gasteiger partial charge in [0.05, 0.1) is 12.5 Å². The van der Waals surface area contributed by atoms with Crippen LogP contribution < -0.4 is 5.32 Å². The third kappa shape index (κ3) is 2.62. The van der Waals surface area contributed by atoms with E-state index >= 15 is 0 Å². The van der Waals surface area contributed by atoms with Crippen molar-refractivity contribution in [2.45, 2.75) is 38.8 Å². The van der Waals surface area contributed by atoms with Gasteiger partial charge in [-0.05, 0) is 35.7 Å². The van der Waals surface area contributed by atoms with Crippen molar-refractivity contribution in [2.75, 3.05) is 6.54 Å². The van der Waals surface area contributed by atoms with Gasteiger partial charge in [0.1, 0.15) is 0 Å². The minimum absolute atomic E-state index is 0.0585. The third-order valence-corrected chi connectivity index (χ3v) is 3.89. The van der Waals surface area contributed by atoms with E-state index in [1.54, 1.807) is 11.3 Å². The van der Waals surface area contributed by atoms with Crippen LogP contribution in [0, 0.1) is 0 Å². The lowest BCUT2D eigenvalue weighted by Crippen LogP contribution is -2.40. The average Bonchev–Trinajstić information content (AvgIpc) is 2.94. The van der Waals surface area contributed by atoms with Crippen LogP contribution in [0.1, 0.15) is 38.3 Å². The van der Waals surface area contributed by atoms with Gasteiger partial charge in [0.25, 0.3) is 0 Å². The van der Waals surface area contributed by atoms with Crippen molar-refractivity contribution in [2.24, 2.45) is 0 Å². The molecule has 0 radical (unpaired) electrons. The quantitative estimate of drug-likeness (QED) is 0.829. The van der Waals surface area contributed by atoms with Crippen LogP contribution >= 0.6 is 11.3 Å². The largest absolute Gasteiger partial charge is 0.299 e. The standard InChI is InChI=1S/C13H18N2O2S/c1-3-5-15-12(16)7-11(13(15)17)14-9(2)10-4-6-18-8-10/h4,6,8-9,11,14H,3,5,7H2,1-2H3. The van der Waals surface area contributed by atoms with Crippen LogP contribution in [0.3, 0.4) is 0 Å².